The van der Waals surface area contributed by atoms with Gasteiger partial charge in [-0.05, 0) is 75.9 Å². The van der Waals surface area contributed by atoms with Gasteiger partial charge in [0.15, 0.2) is 5.82 Å². The molecule has 0 radical (unpaired) electrons. The van der Waals surface area contributed by atoms with Crippen LogP contribution in [-0.2, 0) is 22.2 Å². The first-order valence-electron chi connectivity index (χ1n) is 17.2. The topological polar surface area (TPSA) is 243 Å². The lowest BCUT2D eigenvalue weighted by atomic mass is 9.88. The highest BCUT2D eigenvalue weighted by Gasteiger charge is 2.32. The van der Waals surface area contributed by atoms with Gasteiger partial charge in [0.05, 0.1) is 34.5 Å². The maximum Gasteiger partial charge on any atom is 0.377 e. The molecule has 2 aliphatic heterocycles. The zero-order valence-electron chi connectivity index (χ0n) is 29.5. The normalized spacial score (nSPS) is 17.2. The van der Waals surface area contributed by atoms with Gasteiger partial charge < -0.3 is 46.7 Å². The van der Waals surface area contributed by atoms with Crippen molar-refractivity contribution >= 4 is 69.0 Å². The van der Waals surface area contributed by atoms with Gasteiger partial charge in [0.25, 0.3) is 0 Å². The molecule has 4 aromatic rings. The van der Waals surface area contributed by atoms with Crippen LogP contribution in [0, 0.1) is 11.3 Å². The summed E-state index contributed by atoms with van der Waals surface area (Å²) in [4.78, 5) is 48.2. The van der Waals surface area contributed by atoms with E-state index in [1.54, 1.807) is 33.0 Å². The Bertz CT molecular complexity index is 2110. The Balaban J connectivity index is 1.13. The van der Waals surface area contributed by atoms with E-state index in [-0.39, 0.29) is 53.1 Å². The third kappa shape index (κ3) is 8.29. The zero-order valence-corrected chi connectivity index (χ0v) is 30.2. The van der Waals surface area contributed by atoms with Crippen molar-refractivity contribution in [3.05, 3.63) is 63.7 Å². The number of halogens is 1. The van der Waals surface area contributed by atoms with Gasteiger partial charge in [0, 0.05) is 61.8 Å². The molecule has 0 spiro atoms. The summed E-state index contributed by atoms with van der Waals surface area (Å²) < 4.78 is 1.69. The molecule has 1 unspecified atom stereocenters. The van der Waals surface area contributed by atoms with Crippen molar-refractivity contribution in [1.82, 2.24) is 24.4 Å². The van der Waals surface area contributed by atoms with Crippen LogP contribution < -0.4 is 31.9 Å². The van der Waals surface area contributed by atoms with Crippen LogP contribution in [0.25, 0.3) is 11.0 Å². The summed E-state index contributed by atoms with van der Waals surface area (Å²) in [5.74, 6) is -0.674. The average molecular weight is 751 g/mol. The van der Waals surface area contributed by atoms with E-state index < -0.39 is 29.2 Å². The second kappa shape index (κ2) is 14.7. The molecule has 1 atom stereocenters. The number of carbonyl (C=O) groups excluding carboxylic acids is 2. The molecule has 53 heavy (non-hydrogen) atoms. The molecule has 2 saturated heterocycles. The van der Waals surface area contributed by atoms with Crippen molar-refractivity contribution in [1.29, 1.82) is 5.41 Å². The van der Waals surface area contributed by atoms with Crippen molar-refractivity contribution in [3.63, 3.8) is 0 Å². The molecule has 9 N–H and O–H groups in total. The van der Waals surface area contributed by atoms with E-state index in [0.717, 1.165) is 18.5 Å². The summed E-state index contributed by atoms with van der Waals surface area (Å²) in [5.41, 5.74) is 1.15. The lowest BCUT2D eigenvalue weighted by Crippen LogP contribution is -2.44. The molecule has 0 bridgehead atoms. The van der Waals surface area contributed by atoms with Crippen LogP contribution >= 0.6 is 11.6 Å². The van der Waals surface area contributed by atoms with E-state index in [4.69, 9.17) is 17.0 Å². The number of imide groups is 1. The van der Waals surface area contributed by atoms with Crippen LogP contribution in [0.2, 0.25) is 5.02 Å². The predicted molar refractivity (Wildman–Crippen MR) is 200 cm³/mol. The highest BCUT2D eigenvalue weighted by molar-refractivity contribution is 6.33. The summed E-state index contributed by atoms with van der Waals surface area (Å²) in [5, 5.41) is 61.1. The van der Waals surface area contributed by atoms with Crippen molar-refractivity contribution in [2.45, 2.75) is 70.2 Å². The van der Waals surface area contributed by atoms with Crippen LogP contribution in [0.15, 0.2) is 47.4 Å². The molecule has 0 aliphatic carbocycles. The van der Waals surface area contributed by atoms with Crippen LogP contribution in [0.4, 0.5) is 28.8 Å². The number of nitrogens with zero attached hydrogens (tertiary/aromatic N) is 5. The minimum atomic E-state index is -3.44. The number of carbonyl (C=O) groups is 2. The van der Waals surface area contributed by atoms with Crippen LogP contribution in [0.1, 0.15) is 51.5 Å². The van der Waals surface area contributed by atoms with Crippen LogP contribution in [-0.4, -0.2) is 88.8 Å². The summed E-state index contributed by atoms with van der Waals surface area (Å²) in [6.07, 6.45) is 0.287. The Hall–Kier alpha value is -5.07. The number of benzene rings is 2. The van der Waals surface area contributed by atoms with E-state index in [9.17, 15) is 34.8 Å². The Kier molecular flexibility index (Phi) is 10.5. The maximum absolute atomic E-state index is 13.1. The van der Waals surface area contributed by atoms with Gasteiger partial charge in [-0.15, -0.1) is 0 Å². The molecule has 17 nitrogen and oxygen atoms in total. The fourth-order valence-corrected chi connectivity index (χ4v) is 6.79. The highest BCUT2D eigenvalue weighted by atomic mass is 35.5. The first kappa shape index (κ1) is 37.7. The van der Waals surface area contributed by atoms with Crippen LogP contribution in [0.3, 0.4) is 0 Å². The second-order valence-electron chi connectivity index (χ2n) is 14.0. The summed E-state index contributed by atoms with van der Waals surface area (Å²) >= 11 is 6.50. The third-order valence-corrected chi connectivity index (χ3v) is 9.76. The van der Waals surface area contributed by atoms with Gasteiger partial charge >= 0.3 is 11.8 Å². The van der Waals surface area contributed by atoms with Crippen molar-refractivity contribution < 1.29 is 30.0 Å². The van der Waals surface area contributed by atoms with Crippen molar-refractivity contribution in [2.24, 2.45) is 5.92 Å². The molecular weight excluding hydrogens is 708 g/mol. The molecule has 0 saturated carbocycles. The average Bonchev–Trinajstić information content (AvgIpc) is 3.38. The monoisotopic (exact) mass is 750 g/mol. The first-order chi connectivity index (χ1) is 25.0. The number of amides is 2. The molecule has 2 fully saturated rings. The number of piperidine rings is 2. The van der Waals surface area contributed by atoms with E-state index in [0.29, 0.717) is 52.8 Å². The maximum atomic E-state index is 13.1. The number of hydrogen-bond acceptors (Lipinski definition) is 14. The molecule has 2 amide bonds. The summed E-state index contributed by atoms with van der Waals surface area (Å²) in [6.45, 7) is 4.51. The lowest BCUT2D eigenvalue weighted by Gasteiger charge is -2.33. The fraction of sp³-hybridized carbons (Fsp3) is 0.429. The fourth-order valence-electron chi connectivity index (χ4n) is 6.65. The molecule has 2 aromatic carbocycles. The Morgan fingerprint density at radius 2 is 1.74 bits per heavy atom. The molecule has 282 valence electrons. The minimum absolute atomic E-state index is 0.0336. The Labute approximate surface area is 309 Å². The smallest absolute Gasteiger partial charge is 0.377 e. The zero-order chi connectivity index (χ0) is 38.2. The van der Waals surface area contributed by atoms with E-state index >= 15 is 0 Å². The van der Waals surface area contributed by atoms with Crippen molar-refractivity contribution in [3.8, 4) is 0 Å². The minimum Gasteiger partial charge on any atom is -0.390 e. The Morgan fingerprint density at radius 1 is 1.02 bits per heavy atom. The standard InChI is InChI=1S/C35H43ClN10O7/c1-34(2,50)12-15-45-27-17-21(5-8-26(27)46(33(45)49)35(51,52)53)41-30-24(36)18-39-32(43-30)44-13-10-19(11-14-44)40-20-4-6-22(25(16-20)38-3)29(37)23-7-9-28(47)42-31(23)48/h4-6,8,16-19,23,37-38,40,50-53H,7,9-15H2,1-3H3,(H,39,41,43)(H,42,47,48). The largest absolute Gasteiger partial charge is 0.390 e. The van der Waals surface area contributed by atoms with Gasteiger partial charge in [-0.1, -0.05) is 11.6 Å². The second-order valence-corrected chi connectivity index (χ2v) is 14.4. The van der Waals surface area contributed by atoms with Gasteiger partial charge in [-0.3, -0.25) is 19.5 Å². The molecule has 18 heteroatoms. The number of nitrogens with one attached hydrogen (secondary N) is 5. The molecule has 6 rings (SSSR count). The third-order valence-electron chi connectivity index (χ3n) is 9.49. The van der Waals surface area contributed by atoms with Gasteiger partial charge in [-0.2, -0.15) is 4.98 Å². The first-order valence-corrected chi connectivity index (χ1v) is 17.6. The number of aliphatic hydroxyl groups is 4. The quantitative estimate of drug-likeness (QED) is 0.0574. The number of aryl methyl sites for hydroxylation is 1. The SMILES string of the molecule is CNc1cc(NC2CCN(c3ncc(Cl)c(Nc4ccc5c(c4)n(CCC(C)(C)O)c(=O)n5C(O)(O)O)n3)CC2)ccc1C(=N)C1CCC(=O)NC1=O. The number of hydrogen-bond donors (Lipinski definition) is 9. The number of anilines is 5. The Morgan fingerprint density at radius 3 is 2.40 bits per heavy atom. The van der Waals surface area contributed by atoms with Gasteiger partial charge in [0.1, 0.15) is 5.02 Å². The van der Waals surface area contributed by atoms with Gasteiger partial charge in [0.2, 0.25) is 17.8 Å². The molecule has 2 aliphatic rings. The van der Waals surface area contributed by atoms with Gasteiger partial charge in [-0.25, -0.2) is 14.3 Å². The van der Waals surface area contributed by atoms with E-state index in [1.807, 2.05) is 23.1 Å². The predicted octanol–water partition coefficient (Wildman–Crippen LogP) is 2.24. The molecule has 4 heterocycles. The number of rotatable bonds is 12. The molecular formula is C35H43ClN10O7. The van der Waals surface area contributed by atoms with Crippen LogP contribution in [0.5, 0.6) is 0 Å². The summed E-state index contributed by atoms with van der Waals surface area (Å²) in [7, 11) is 1.76. The van der Waals surface area contributed by atoms with E-state index in [2.05, 4.69) is 31.2 Å². The number of imidazole rings is 1. The van der Waals surface area contributed by atoms with E-state index in [1.165, 1.54) is 16.8 Å². The van der Waals surface area contributed by atoms with Crippen molar-refractivity contribution in [2.75, 3.05) is 41.0 Å². The summed E-state index contributed by atoms with van der Waals surface area (Å²) in [6, 6.07) is 10.4. The number of aromatic nitrogens is 4. The lowest BCUT2D eigenvalue weighted by molar-refractivity contribution is -0.374. The highest BCUT2D eigenvalue weighted by Crippen LogP contribution is 2.31. The number of fused-ring (bicyclic) bond motifs is 1. The molecule has 2 aromatic heterocycles.